The van der Waals surface area contributed by atoms with Gasteiger partial charge in [0, 0.05) is 37.4 Å². The van der Waals surface area contributed by atoms with Crippen LogP contribution in [-0.4, -0.2) is 73.3 Å². The second kappa shape index (κ2) is 10.6. The number of ether oxygens (including phenoxy) is 2. The van der Waals surface area contributed by atoms with E-state index in [1.54, 1.807) is 36.3 Å². The normalized spacial score (nSPS) is 17.5. The molecule has 4 rings (SSSR count). The number of thioether (sulfide) groups is 1. The largest absolute Gasteiger partial charge is 0.493 e. The molecule has 0 N–H and O–H groups in total. The number of imide groups is 1. The average molecular weight is 482 g/mol. The molecule has 0 unspecified atom stereocenters. The second-order valence-corrected chi connectivity index (χ2v) is 8.78. The number of piperazine rings is 1. The van der Waals surface area contributed by atoms with Crippen molar-refractivity contribution >= 4 is 40.6 Å². The van der Waals surface area contributed by atoms with Crippen LogP contribution in [0.25, 0.3) is 6.08 Å². The van der Waals surface area contributed by atoms with E-state index in [2.05, 4.69) is 4.90 Å². The Morgan fingerprint density at radius 3 is 2.44 bits per heavy atom. The zero-order valence-electron chi connectivity index (χ0n) is 19.2. The lowest BCUT2D eigenvalue weighted by Crippen LogP contribution is -2.51. The number of methoxy groups -OCH3 is 1. The molecule has 8 nitrogen and oxygen atoms in total. The summed E-state index contributed by atoms with van der Waals surface area (Å²) in [5.74, 6) is 0.343. The van der Waals surface area contributed by atoms with Gasteiger partial charge in [-0.25, -0.2) is 0 Å². The van der Waals surface area contributed by atoms with E-state index in [4.69, 9.17) is 9.47 Å². The molecule has 0 spiro atoms. The van der Waals surface area contributed by atoms with Gasteiger partial charge in [0.05, 0.1) is 18.6 Å². The van der Waals surface area contributed by atoms with Gasteiger partial charge in [0.1, 0.15) is 6.54 Å². The minimum absolute atomic E-state index is 0.229. The third-order valence-electron chi connectivity index (χ3n) is 5.73. The number of carbonyl (C=O) groups is 3. The van der Waals surface area contributed by atoms with Crippen LogP contribution in [0.3, 0.4) is 0 Å². The summed E-state index contributed by atoms with van der Waals surface area (Å²) >= 11 is 0.826. The molecule has 2 aliphatic heterocycles. The number of hydrogen-bond donors (Lipinski definition) is 0. The fraction of sp³-hybridized carbons (Fsp3) is 0.320. The summed E-state index contributed by atoms with van der Waals surface area (Å²) < 4.78 is 11.0. The van der Waals surface area contributed by atoms with Crippen LogP contribution in [0, 0.1) is 0 Å². The van der Waals surface area contributed by atoms with Crippen LogP contribution in [-0.2, 0) is 9.59 Å². The van der Waals surface area contributed by atoms with Crippen LogP contribution in [0.15, 0.2) is 53.4 Å². The molecule has 0 aliphatic carbocycles. The van der Waals surface area contributed by atoms with Crippen LogP contribution in [0.5, 0.6) is 11.5 Å². The topological polar surface area (TPSA) is 79.4 Å². The molecule has 0 radical (unpaired) electrons. The predicted molar refractivity (Wildman–Crippen MR) is 132 cm³/mol. The molecule has 3 amide bonds. The maximum atomic E-state index is 13.0. The first-order chi connectivity index (χ1) is 16.5. The predicted octanol–water partition coefficient (Wildman–Crippen LogP) is 3.48. The molecule has 34 heavy (non-hydrogen) atoms. The van der Waals surface area contributed by atoms with Crippen molar-refractivity contribution in [2.24, 2.45) is 0 Å². The summed E-state index contributed by atoms with van der Waals surface area (Å²) in [7, 11) is 1.54. The Morgan fingerprint density at radius 1 is 1.03 bits per heavy atom. The Kier molecular flexibility index (Phi) is 7.42. The highest BCUT2D eigenvalue weighted by molar-refractivity contribution is 8.18. The van der Waals surface area contributed by atoms with Crippen molar-refractivity contribution in [1.29, 1.82) is 0 Å². The highest BCUT2D eigenvalue weighted by Gasteiger charge is 2.37. The summed E-state index contributed by atoms with van der Waals surface area (Å²) in [5, 5.41) is -0.451. The fourth-order valence-corrected chi connectivity index (χ4v) is 4.80. The van der Waals surface area contributed by atoms with Gasteiger partial charge in [-0.1, -0.05) is 30.3 Å². The van der Waals surface area contributed by atoms with Gasteiger partial charge < -0.3 is 19.3 Å². The first-order valence-corrected chi connectivity index (χ1v) is 12.0. The molecular weight excluding hydrogens is 454 g/mol. The van der Waals surface area contributed by atoms with Gasteiger partial charge in [0.25, 0.3) is 11.1 Å². The second-order valence-electron chi connectivity index (χ2n) is 7.78. The quantitative estimate of drug-likeness (QED) is 0.560. The first kappa shape index (κ1) is 23.7. The van der Waals surface area contributed by atoms with E-state index >= 15 is 0 Å². The Hall–Kier alpha value is -3.46. The van der Waals surface area contributed by atoms with Crippen molar-refractivity contribution in [1.82, 2.24) is 9.80 Å². The zero-order valence-corrected chi connectivity index (χ0v) is 20.0. The van der Waals surface area contributed by atoms with E-state index in [9.17, 15) is 14.4 Å². The number of carbonyl (C=O) groups excluding carboxylic acids is 3. The minimum Gasteiger partial charge on any atom is -0.493 e. The Morgan fingerprint density at radius 2 is 1.76 bits per heavy atom. The van der Waals surface area contributed by atoms with Gasteiger partial charge in [-0.2, -0.15) is 0 Å². The molecule has 0 atom stereocenters. The van der Waals surface area contributed by atoms with Crippen LogP contribution in [0.2, 0.25) is 0 Å². The van der Waals surface area contributed by atoms with Gasteiger partial charge in [0.2, 0.25) is 5.91 Å². The molecule has 0 aromatic heterocycles. The number of nitrogens with zero attached hydrogens (tertiary/aromatic N) is 3. The van der Waals surface area contributed by atoms with Gasteiger partial charge in [-0.15, -0.1) is 0 Å². The summed E-state index contributed by atoms with van der Waals surface area (Å²) in [6.45, 7) is 4.51. The van der Waals surface area contributed by atoms with Crippen molar-refractivity contribution in [3.8, 4) is 11.5 Å². The molecule has 2 aromatic carbocycles. The fourth-order valence-electron chi connectivity index (χ4n) is 3.97. The Labute approximate surface area is 203 Å². The SMILES string of the molecule is CCOc1c(/C=C2/SC(=O)N(CC(=O)N3CCN(c4ccccc4)CC3)C2=O)cccc1OC. The van der Waals surface area contributed by atoms with Gasteiger partial charge in [-0.3, -0.25) is 19.3 Å². The van der Waals surface area contributed by atoms with Crippen molar-refractivity contribution in [3.63, 3.8) is 0 Å². The van der Waals surface area contributed by atoms with Crippen LogP contribution in [0.1, 0.15) is 12.5 Å². The molecular formula is C25H27N3O5S. The number of benzene rings is 2. The summed E-state index contributed by atoms with van der Waals surface area (Å²) in [6, 6.07) is 15.4. The molecule has 9 heteroatoms. The van der Waals surface area contributed by atoms with E-state index < -0.39 is 11.1 Å². The molecule has 2 aliphatic rings. The van der Waals surface area contributed by atoms with Crippen molar-refractivity contribution in [2.45, 2.75) is 6.92 Å². The number of rotatable bonds is 7. The summed E-state index contributed by atoms with van der Waals surface area (Å²) in [4.78, 5) is 43.6. The van der Waals surface area contributed by atoms with Crippen LogP contribution >= 0.6 is 11.8 Å². The van der Waals surface area contributed by atoms with Crippen molar-refractivity contribution < 1.29 is 23.9 Å². The third-order valence-corrected chi connectivity index (χ3v) is 6.63. The number of para-hydroxylation sites is 2. The molecule has 0 bridgehead atoms. The van der Waals surface area contributed by atoms with E-state index in [-0.39, 0.29) is 17.4 Å². The highest BCUT2D eigenvalue weighted by Crippen LogP contribution is 2.37. The monoisotopic (exact) mass is 481 g/mol. The molecule has 2 saturated heterocycles. The summed E-state index contributed by atoms with van der Waals surface area (Å²) in [6.07, 6.45) is 1.61. The van der Waals surface area contributed by atoms with E-state index in [0.717, 1.165) is 22.3 Å². The highest BCUT2D eigenvalue weighted by atomic mass is 32.2. The Balaban J connectivity index is 1.41. The number of amides is 3. The smallest absolute Gasteiger partial charge is 0.294 e. The van der Waals surface area contributed by atoms with E-state index in [1.165, 1.54) is 0 Å². The lowest BCUT2D eigenvalue weighted by Gasteiger charge is -2.36. The van der Waals surface area contributed by atoms with Gasteiger partial charge in [-0.05, 0) is 43.0 Å². The average Bonchev–Trinajstić information content (AvgIpc) is 3.13. The maximum absolute atomic E-state index is 13.0. The number of hydrogen-bond acceptors (Lipinski definition) is 7. The van der Waals surface area contributed by atoms with Gasteiger partial charge in [0.15, 0.2) is 11.5 Å². The lowest BCUT2D eigenvalue weighted by atomic mass is 10.1. The summed E-state index contributed by atoms with van der Waals surface area (Å²) in [5.41, 5.74) is 1.75. The van der Waals surface area contributed by atoms with Crippen molar-refractivity contribution in [2.75, 3.05) is 51.3 Å². The van der Waals surface area contributed by atoms with E-state index in [1.807, 2.05) is 37.3 Å². The molecule has 178 valence electrons. The van der Waals surface area contributed by atoms with Crippen LogP contribution < -0.4 is 14.4 Å². The molecule has 2 aromatic rings. The maximum Gasteiger partial charge on any atom is 0.294 e. The van der Waals surface area contributed by atoms with Crippen LogP contribution in [0.4, 0.5) is 10.5 Å². The van der Waals surface area contributed by atoms with E-state index in [0.29, 0.717) is 49.8 Å². The first-order valence-electron chi connectivity index (χ1n) is 11.1. The number of anilines is 1. The van der Waals surface area contributed by atoms with Crippen molar-refractivity contribution in [3.05, 3.63) is 59.0 Å². The standard InChI is InChI=1S/C25H27N3O5S/c1-3-33-23-18(8-7-11-20(23)32-2)16-21-24(30)28(25(31)34-21)17-22(29)27-14-12-26(13-15-27)19-9-5-4-6-10-19/h4-11,16H,3,12-15,17H2,1-2H3/b21-16+. The molecule has 2 fully saturated rings. The molecule has 2 heterocycles. The minimum atomic E-state index is -0.475. The lowest BCUT2D eigenvalue weighted by molar-refractivity contribution is -0.136. The Bertz CT molecular complexity index is 1100. The zero-order chi connectivity index (χ0) is 24.1. The molecule has 0 saturated carbocycles. The van der Waals surface area contributed by atoms with Gasteiger partial charge >= 0.3 is 0 Å². The third kappa shape index (κ3) is 5.04.